The highest BCUT2D eigenvalue weighted by Crippen LogP contribution is 2.28. The summed E-state index contributed by atoms with van der Waals surface area (Å²) in [6.45, 7) is 3.63. The fraction of sp³-hybridized carbons (Fsp3) is 0.238. The van der Waals surface area contributed by atoms with Gasteiger partial charge in [0.25, 0.3) is 11.8 Å². The van der Waals surface area contributed by atoms with Crippen molar-refractivity contribution < 1.29 is 28.7 Å². The first-order valence-electron chi connectivity index (χ1n) is 9.40. The maximum Gasteiger partial charge on any atom is 0.411 e. The molecule has 9 heteroatoms. The van der Waals surface area contributed by atoms with E-state index in [2.05, 4.69) is 10.6 Å². The number of rotatable bonds is 6. The molecule has 1 aliphatic rings. The van der Waals surface area contributed by atoms with E-state index in [1.807, 2.05) is 0 Å². The molecular weight excluding hydrogens is 390 g/mol. The third kappa shape index (κ3) is 4.40. The standard InChI is InChI=1S/C21H21N3O6/c1-3-29-20(27)22-14-9-10-17(23-21(28)30-4-2)13(11-14)12-24-18(25)15-7-5-6-8-16(15)19(24)26/h5-11H,3-4,12H2,1-2H3,(H,22,27)(H,23,28). The molecule has 3 rings (SSSR count). The number of hydrogen-bond acceptors (Lipinski definition) is 6. The zero-order valence-corrected chi connectivity index (χ0v) is 16.6. The van der Waals surface area contributed by atoms with Crippen molar-refractivity contribution in [1.82, 2.24) is 4.90 Å². The highest BCUT2D eigenvalue weighted by atomic mass is 16.6. The van der Waals surface area contributed by atoms with Crippen LogP contribution in [0.4, 0.5) is 21.0 Å². The van der Waals surface area contributed by atoms with Crippen molar-refractivity contribution in [2.45, 2.75) is 20.4 Å². The minimum Gasteiger partial charge on any atom is -0.450 e. The van der Waals surface area contributed by atoms with Gasteiger partial charge in [-0.2, -0.15) is 0 Å². The fourth-order valence-corrected chi connectivity index (χ4v) is 3.04. The van der Waals surface area contributed by atoms with E-state index < -0.39 is 24.0 Å². The Labute approximate surface area is 172 Å². The van der Waals surface area contributed by atoms with E-state index >= 15 is 0 Å². The van der Waals surface area contributed by atoms with Gasteiger partial charge >= 0.3 is 12.2 Å². The van der Waals surface area contributed by atoms with Gasteiger partial charge < -0.3 is 9.47 Å². The molecule has 0 aliphatic carbocycles. The van der Waals surface area contributed by atoms with Crippen LogP contribution < -0.4 is 10.6 Å². The lowest BCUT2D eigenvalue weighted by molar-refractivity contribution is 0.0642. The number of imide groups is 1. The zero-order chi connectivity index (χ0) is 21.7. The highest BCUT2D eigenvalue weighted by molar-refractivity contribution is 6.21. The molecular formula is C21H21N3O6. The van der Waals surface area contributed by atoms with E-state index in [-0.39, 0.29) is 19.8 Å². The van der Waals surface area contributed by atoms with Gasteiger partial charge in [0.05, 0.1) is 30.9 Å². The predicted molar refractivity (Wildman–Crippen MR) is 108 cm³/mol. The lowest BCUT2D eigenvalue weighted by Gasteiger charge is -2.18. The highest BCUT2D eigenvalue weighted by Gasteiger charge is 2.35. The van der Waals surface area contributed by atoms with Crippen LogP contribution in [0.3, 0.4) is 0 Å². The summed E-state index contributed by atoms with van der Waals surface area (Å²) in [5.41, 5.74) is 1.81. The Bertz CT molecular complexity index is 969. The zero-order valence-electron chi connectivity index (χ0n) is 16.6. The number of hydrogen-bond donors (Lipinski definition) is 2. The number of carbonyl (C=O) groups excluding carboxylic acids is 4. The Kier molecular flexibility index (Phi) is 6.31. The van der Waals surface area contributed by atoms with Crippen molar-refractivity contribution in [2.24, 2.45) is 0 Å². The number of nitrogens with zero attached hydrogens (tertiary/aromatic N) is 1. The third-order valence-corrected chi connectivity index (χ3v) is 4.35. The lowest BCUT2D eigenvalue weighted by Crippen LogP contribution is -2.30. The molecule has 0 aromatic heterocycles. The van der Waals surface area contributed by atoms with Crippen LogP contribution in [0, 0.1) is 0 Å². The van der Waals surface area contributed by atoms with Crippen molar-refractivity contribution in [3.63, 3.8) is 0 Å². The quantitative estimate of drug-likeness (QED) is 0.702. The van der Waals surface area contributed by atoms with Crippen LogP contribution in [-0.4, -0.2) is 42.1 Å². The van der Waals surface area contributed by atoms with E-state index in [4.69, 9.17) is 9.47 Å². The SMILES string of the molecule is CCOC(=O)Nc1ccc(NC(=O)OCC)c(CN2C(=O)c3ccccc3C2=O)c1. The van der Waals surface area contributed by atoms with Crippen LogP contribution in [0.25, 0.3) is 0 Å². The Hall–Kier alpha value is -3.88. The summed E-state index contributed by atoms with van der Waals surface area (Å²) in [5, 5.41) is 5.15. The van der Waals surface area contributed by atoms with Crippen LogP contribution in [0.2, 0.25) is 0 Å². The first-order chi connectivity index (χ1) is 14.4. The van der Waals surface area contributed by atoms with Gasteiger partial charge in [-0.15, -0.1) is 0 Å². The summed E-state index contributed by atoms with van der Waals surface area (Å²) in [6.07, 6.45) is -1.32. The van der Waals surface area contributed by atoms with Gasteiger partial charge in [-0.05, 0) is 49.7 Å². The third-order valence-electron chi connectivity index (χ3n) is 4.35. The molecule has 0 radical (unpaired) electrons. The molecule has 1 heterocycles. The number of ether oxygens (including phenoxy) is 2. The van der Waals surface area contributed by atoms with Crippen molar-refractivity contribution in [1.29, 1.82) is 0 Å². The van der Waals surface area contributed by atoms with Crippen LogP contribution in [0.1, 0.15) is 40.1 Å². The van der Waals surface area contributed by atoms with Gasteiger partial charge in [-0.25, -0.2) is 9.59 Å². The second-order valence-corrected chi connectivity index (χ2v) is 6.30. The molecule has 0 saturated heterocycles. The molecule has 9 nitrogen and oxygen atoms in total. The van der Waals surface area contributed by atoms with E-state index in [0.717, 1.165) is 4.90 Å². The first-order valence-corrected chi connectivity index (χ1v) is 9.40. The average molecular weight is 411 g/mol. The molecule has 0 unspecified atom stereocenters. The van der Waals surface area contributed by atoms with Crippen molar-refractivity contribution in [2.75, 3.05) is 23.8 Å². The van der Waals surface area contributed by atoms with Gasteiger partial charge in [-0.3, -0.25) is 25.1 Å². The molecule has 0 bridgehead atoms. The smallest absolute Gasteiger partial charge is 0.411 e. The van der Waals surface area contributed by atoms with Gasteiger partial charge in [0.2, 0.25) is 0 Å². The number of benzene rings is 2. The molecule has 2 N–H and O–H groups in total. The molecule has 0 spiro atoms. The van der Waals surface area contributed by atoms with Gasteiger partial charge in [0.1, 0.15) is 0 Å². The molecule has 0 atom stereocenters. The summed E-state index contributed by atoms with van der Waals surface area (Å²) in [6, 6.07) is 11.2. The summed E-state index contributed by atoms with van der Waals surface area (Å²) in [7, 11) is 0. The number of fused-ring (bicyclic) bond motifs is 1. The number of amides is 4. The van der Waals surface area contributed by atoms with E-state index in [1.165, 1.54) is 0 Å². The average Bonchev–Trinajstić information content (AvgIpc) is 2.95. The van der Waals surface area contributed by atoms with Crippen LogP contribution in [-0.2, 0) is 16.0 Å². The number of nitrogens with one attached hydrogen (secondary N) is 2. The fourth-order valence-electron chi connectivity index (χ4n) is 3.04. The Morgan fingerprint density at radius 3 is 2.00 bits per heavy atom. The van der Waals surface area contributed by atoms with Gasteiger partial charge in [0.15, 0.2) is 0 Å². The predicted octanol–water partition coefficient (Wildman–Crippen LogP) is 3.62. The largest absolute Gasteiger partial charge is 0.450 e. The number of anilines is 2. The minimum atomic E-state index is -0.674. The summed E-state index contributed by atoms with van der Waals surface area (Å²) < 4.78 is 9.77. The number of carbonyl (C=O) groups is 4. The Morgan fingerprint density at radius 2 is 1.43 bits per heavy atom. The van der Waals surface area contributed by atoms with Crippen LogP contribution in [0.5, 0.6) is 0 Å². The molecule has 2 aromatic rings. The van der Waals surface area contributed by atoms with Crippen molar-refractivity contribution >= 4 is 35.4 Å². The molecule has 30 heavy (non-hydrogen) atoms. The van der Waals surface area contributed by atoms with Gasteiger partial charge in [0, 0.05) is 11.4 Å². The van der Waals surface area contributed by atoms with Crippen molar-refractivity contribution in [3.05, 3.63) is 59.2 Å². The second kappa shape index (κ2) is 9.08. The molecule has 0 fully saturated rings. The minimum absolute atomic E-state index is 0.105. The van der Waals surface area contributed by atoms with E-state index in [9.17, 15) is 19.2 Å². The van der Waals surface area contributed by atoms with E-state index in [1.54, 1.807) is 56.3 Å². The molecule has 0 saturated carbocycles. The maximum absolute atomic E-state index is 12.7. The van der Waals surface area contributed by atoms with E-state index in [0.29, 0.717) is 28.1 Å². The molecule has 2 aromatic carbocycles. The van der Waals surface area contributed by atoms with Gasteiger partial charge in [-0.1, -0.05) is 12.1 Å². The maximum atomic E-state index is 12.7. The monoisotopic (exact) mass is 411 g/mol. The molecule has 156 valence electrons. The summed E-state index contributed by atoms with van der Waals surface area (Å²) >= 11 is 0. The Balaban J connectivity index is 1.90. The second-order valence-electron chi connectivity index (χ2n) is 6.30. The van der Waals surface area contributed by atoms with Crippen LogP contribution >= 0.6 is 0 Å². The summed E-state index contributed by atoms with van der Waals surface area (Å²) in [4.78, 5) is 50.1. The first kappa shape index (κ1) is 20.8. The van der Waals surface area contributed by atoms with Crippen LogP contribution in [0.15, 0.2) is 42.5 Å². The molecule has 1 aliphatic heterocycles. The lowest BCUT2D eigenvalue weighted by atomic mass is 10.1. The van der Waals surface area contributed by atoms with Crippen molar-refractivity contribution in [3.8, 4) is 0 Å². The molecule has 4 amide bonds. The Morgan fingerprint density at radius 1 is 0.867 bits per heavy atom. The topological polar surface area (TPSA) is 114 Å². The summed E-state index contributed by atoms with van der Waals surface area (Å²) in [5.74, 6) is -0.858. The normalized spacial score (nSPS) is 12.4.